The van der Waals surface area contributed by atoms with Gasteiger partial charge in [0, 0.05) is 5.92 Å². The molecule has 5 heteroatoms. The molecule has 2 aliphatic heterocycles. The highest BCUT2D eigenvalue weighted by Crippen LogP contribution is 2.36. The van der Waals surface area contributed by atoms with Gasteiger partial charge in [0.25, 0.3) is 0 Å². The average molecular weight is 239 g/mol. The van der Waals surface area contributed by atoms with E-state index in [0.29, 0.717) is 19.6 Å². The SMILES string of the molecule is O=C(O)[C@@H]1CCC[C@H](C2=NOC3COCC23)C1. The van der Waals surface area contributed by atoms with E-state index in [1.54, 1.807) is 0 Å². The average Bonchev–Trinajstić information content (AvgIpc) is 2.90. The first-order chi connectivity index (χ1) is 8.25. The van der Waals surface area contributed by atoms with Gasteiger partial charge >= 0.3 is 5.97 Å². The summed E-state index contributed by atoms with van der Waals surface area (Å²) in [6, 6.07) is 0. The van der Waals surface area contributed by atoms with Crippen molar-refractivity contribution in [1.82, 2.24) is 0 Å². The third-order valence-electron chi connectivity index (χ3n) is 4.14. The number of carboxylic acid groups (broad SMARTS) is 1. The fourth-order valence-electron chi connectivity index (χ4n) is 3.17. The monoisotopic (exact) mass is 239 g/mol. The highest BCUT2D eigenvalue weighted by molar-refractivity contribution is 5.91. The van der Waals surface area contributed by atoms with Crippen LogP contribution in [0, 0.1) is 17.8 Å². The molecule has 0 amide bonds. The van der Waals surface area contributed by atoms with Gasteiger partial charge in [0.15, 0.2) is 6.10 Å². The number of carbonyl (C=O) groups is 1. The minimum absolute atomic E-state index is 0.0789. The number of nitrogens with zero attached hydrogens (tertiary/aromatic N) is 1. The van der Waals surface area contributed by atoms with Gasteiger partial charge in [-0.1, -0.05) is 11.6 Å². The summed E-state index contributed by atoms with van der Waals surface area (Å²) in [5.74, 6) is -0.333. The number of fused-ring (bicyclic) bond motifs is 1. The Labute approximate surface area is 99.8 Å². The van der Waals surface area contributed by atoms with Crippen molar-refractivity contribution in [2.24, 2.45) is 22.9 Å². The van der Waals surface area contributed by atoms with Crippen LogP contribution in [-0.2, 0) is 14.4 Å². The van der Waals surface area contributed by atoms with Gasteiger partial charge in [0.05, 0.1) is 30.8 Å². The summed E-state index contributed by atoms with van der Waals surface area (Å²) in [5, 5.41) is 13.3. The first-order valence-electron chi connectivity index (χ1n) is 6.30. The van der Waals surface area contributed by atoms with Crippen LogP contribution in [0.4, 0.5) is 0 Å². The first-order valence-corrected chi connectivity index (χ1v) is 6.30. The van der Waals surface area contributed by atoms with Crippen molar-refractivity contribution in [2.45, 2.75) is 31.8 Å². The van der Waals surface area contributed by atoms with Gasteiger partial charge in [-0.2, -0.15) is 0 Å². The zero-order chi connectivity index (χ0) is 11.8. The van der Waals surface area contributed by atoms with E-state index >= 15 is 0 Å². The van der Waals surface area contributed by atoms with Crippen LogP contribution in [-0.4, -0.2) is 36.1 Å². The summed E-state index contributed by atoms with van der Waals surface area (Å²) in [5.41, 5.74) is 1.05. The molecule has 1 saturated heterocycles. The zero-order valence-corrected chi connectivity index (χ0v) is 9.67. The molecule has 94 valence electrons. The Kier molecular flexibility index (Phi) is 2.78. The van der Waals surface area contributed by atoms with Crippen LogP contribution in [0.25, 0.3) is 0 Å². The molecule has 2 unspecified atom stereocenters. The Bertz CT molecular complexity index is 354. The Hall–Kier alpha value is -1.10. The normalized spacial score (nSPS) is 40.6. The van der Waals surface area contributed by atoms with Crippen molar-refractivity contribution in [2.75, 3.05) is 13.2 Å². The summed E-state index contributed by atoms with van der Waals surface area (Å²) < 4.78 is 5.38. The van der Waals surface area contributed by atoms with Crippen molar-refractivity contribution >= 4 is 11.7 Å². The van der Waals surface area contributed by atoms with Crippen LogP contribution in [0.3, 0.4) is 0 Å². The molecule has 1 N–H and O–H groups in total. The minimum atomic E-state index is -0.673. The van der Waals surface area contributed by atoms with Crippen LogP contribution in [0.1, 0.15) is 25.7 Å². The molecular weight excluding hydrogens is 222 g/mol. The smallest absolute Gasteiger partial charge is 0.306 e. The largest absolute Gasteiger partial charge is 0.481 e. The summed E-state index contributed by atoms with van der Waals surface area (Å²) in [6.45, 7) is 1.30. The summed E-state index contributed by atoms with van der Waals surface area (Å²) in [6.07, 6.45) is 3.59. The quantitative estimate of drug-likeness (QED) is 0.788. The number of ether oxygens (including phenoxy) is 1. The topological polar surface area (TPSA) is 68.1 Å². The van der Waals surface area contributed by atoms with E-state index < -0.39 is 5.97 Å². The molecule has 4 atom stereocenters. The van der Waals surface area contributed by atoms with Gasteiger partial charge < -0.3 is 14.7 Å². The number of hydrogen-bond donors (Lipinski definition) is 1. The highest BCUT2D eigenvalue weighted by atomic mass is 16.7. The minimum Gasteiger partial charge on any atom is -0.481 e. The molecule has 1 saturated carbocycles. The molecule has 5 nitrogen and oxygen atoms in total. The molecule has 3 aliphatic rings. The Morgan fingerprint density at radius 2 is 2.24 bits per heavy atom. The molecular formula is C12H17NO4. The Morgan fingerprint density at radius 1 is 1.35 bits per heavy atom. The fraction of sp³-hybridized carbons (Fsp3) is 0.833. The van der Waals surface area contributed by atoms with Crippen molar-refractivity contribution in [1.29, 1.82) is 0 Å². The van der Waals surface area contributed by atoms with E-state index in [1.165, 1.54) is 0 Å². The summed E-state index contributed by atoms with van der Waals surface area (Å²) in [4.78, 5) is 16.4. The maximum Gasteiger partial charge on any atom is 0.306 e. The lowest BCUT2D eigenvalue weighted by molar-refractivity contribution is -0.143. The lowest BCUT2D eigenvalue weighted by Crippen LogP contribution is -2.32. The fourth-order valence-corrected chi connectivity index (χ4v) is 3.17. The van der Waals surface area contributed by atoms with Crippen molar-refractivity contribution in [3.63, 3.8) is 0 Å². The summed E-state index contributed by atoms with van der Waals surface area (Å²) in [7, 11) is 0. The third-order valence-corrected chi connectivity index (χ3v) is 4.14. The van der Waals surface area contributed by atoms with Crippen molar-refractivity contribution in [3.8, 4) is 0 Å². The van der Waals surface area contributed by atoms with Crippen molar-refractivity contribution < 1.29 is 19.5 Å². The Morgan fingerprint density at radius 3 is 3.06 bits per heavy atom. The summed E-state index contributed by atoms with van der Waals surface area (Å²) >= 11 is 0. The maximum absolute atomic E-state index is 11.0. The Balaban J connectivity index is 1.70. The second kappa shape index (κ2) is 4.29. The molecule has 0 radical (unpaired) electrons. The van der Waals surface area contributed by atoms with Gasteiger partial charge in [-0.25, -0.2) is 0 Å². The number of rotatable bonds is 2. The van der Waals surface area contributed by atoms with Gasteiger partial charge in [-0.15, -0.1) is 0 Å². The molecule has 0 aromatic heterocycles. The molecule has 17 heavy (non-hydrogen) atoms. The molecule has 0 spiro atoms. The number of carboxylic acids is 1. The number of oxime groups is 1. The van der Waals surface area contributed by atoms with E-state index in [0.717, 1.165) is 25.0 Å². The number of hydrogen-bond acceptors (Lipinski definition) is 4. The molecule has 0 aromatic carbocycles. The molecule has 2 heterocycles. The zero-order valence-electron chi connectivity index (χ0n) is 9.67. The molecule has 2 fully saturated rings. The maximum atomic E-state index is 11.0. The molecule has 1 aliphatic carbocycles. The van der Waals surface area contributed by atoms with Gasteiger partial charge in [0.1, 0.15) is 0 Å². The van der Waals surface area contributed by atoms with Crippen LogP contribution in [0.5, 0.6) is 0 Å². The van der Waals surface area contributed by atoms with Crippen LogP contribution < -0.4 is 0 Å². The van der Waals surface area contributed by atoms with E-state index in [1.807, 2.05) is 0 Å². The molecule has 3 rings (SSSR count). The van der Waals surface area contributed by atoms with Gasteiger partial charge in [-0.05, 0) is 19.3 Å². The van der Waals surface area contributed by atoms with Crippen molar-refractivity contribution in [3.05, 3.63) is 0 Å². The molecule has 0 bridgehead atoms. The standard InChI is InChI=1S/C12H17NO4/c14-12(15)8-3-1-2-7(4-8)11-9-5-16-6-10(9)17-13-11/h7-10H,1-6H2,(H,14,15)/t7-,8+,9?,10?/m0/s1. The molecule has 0 aromatic rings. The second-order valence-electron chi connectivity index (χ2n) is 5.20. The number of aliphatic carboxylic acids is 1. The predicted octanol–water partition coefficient (Wildman–Crippen LogP) is 1.28. The first kappa shape index (κ1) is 11.0. The lowest BCUT2D eigenvalue weighted by atomic mass is 9.76. The predicted molar refractivity (Wildman–Crippen MR) is 59.7 cm³/mol. The van der Waals surface area contributed by atoms with Crippen LogP contribution in [0.15, 0.2) is 5.16 Å². The van der Waals surface area contributed by atoms with E-state index in [9.17, 15) is 4.79 Å². The van der Waals surface area contributed by atoms with Crippen LogP contribution >= 0.6 is 0 Å². The van der Waals surface area contributed by atoms with E-state index in [2.05, 4.69) is 5.16 Å². The van der Waals surface area contributed by atoms with Gasteiger partial charge in [0.2, 0.25) is 0 Å². The van der Waals surface area contributed by atoms with E-state index in [4.69, 9.17) is 14.7 Å². The lowest BCUT2D eigenvalue weighted by Gasteiger charge is -2.27. The van der Waals surface area contributed by atoms with Crippen LogP contribution in [0.2, 0.25) is 0 Å². The highest BCUT2D eigenvalue weighted by Gasteiger charge is 2.43. The van der Waals surface area contributed by atoms with Gasteiger partial charge in [-0.3, -0.25) is 4.79 Å². The third kappa shape index (κ3) is 1.92. The van der Waals surface area contributed by atoms with E-state index in [-0.39, 0.29) is 23.9 Å². The second-order valence-corrected chi connectivity index (χ2v) is 5.20.